The second-order valence-electron chi connectivity index (χ2n) is 32.1. The van der Waals surface area contributed by atoms with Crippen molar-refractivity contribution in [2.45, 2.75) is 355 Å². The quantitative estimate of drug-likeness (QED) is 0.0246. The van der Waals surface area contributed by atoms with E-state index in [1.807, 2.05) is 41.5 Å². The zero-order valence-electron chi connectivity index (χ0n) is 71.8. The number of hydrogen-bond acceptors (Lipinski definition) is 12. The molecule has 0 aromatic heterocycles. The van der Waals surface area contributed by atoms with Crippen molar-refractivity contribution in [3.63, 3.8) is 0 Å². The van der Waals surface area contributed by atoms with Gasteiger partial charge in [-0.3, -0.25) is 19.2 Å². The first kappa shape index (κ1) is 111. The highest BCUT2D eigenvalue weighted by Gasteiger charge is 2.61. The first-order valence-corrected chi connectivity index (χ1v) is 39.5. The average Bonchev–Trinajstić information content (AvgIpc) is 0.855. The molecule has 0 saturated heterocycles. The number of esters is 6. The molecule has 644 valence electrons. The van der Waals surface area contributed by atoms with Gasteiger partial charge in [-0.2, -0.15) is 52.7 Å². The van der Waals surface area contributed by atoms with Gasteiger partial charge in [0, 0.05) is 0 Å². The van der Waals surface area contributed by atoms with Crippen LogP contribution >= 0.6 is 0 Å². The topological polar surface area (TPSA) is 158 Å². The Morgan fingerprint density at radius 1 is 0.351 bits per heavy atom. The standard InChI is InChI=1S/2C14H28O2.2C14H22.C11H14F6O4.C10H12F6O4.C10H14/c1-6-9-10-12(7-2)11-16-13(15)14(4,5)8-3;1-5-7-8-9-10-11-12-16-13(15)14(3,4)6-2;2*1-6-11(2)12-7-9-13(10-8-12)14(3,4)5;1-4-9(2,3)8(19)20-5-6(18)21-7(10(12,13)14)11(15,16)17;1-3-5(2)7(18)19-4-6(17)20-8(9(11,12)13)10(14,15)16;1-3-9(2)10-7-5-4-6-8-10/h12H,6-11H2,1-5H3;5-12H2,1-4H3;2*7-11H,6H2,1-5H3;7H,4-5H2,1-3H3;5,8H,3-4H2,1-2H3;4-9H,3H2,1-2H3. The molecule has 0 heterocycles. The van der Waals surface area contributed by atoms with E-state index in [-0.39, 0.29) is 33.6 Å². The molecule has 3 aromatic carbocycles. The summed E-state index contributed by atoms with van der Waals surface area (Å²) in [5.74, 6) is -3.84. The van der Waals surface area contributed by atoms with Gasteiger partial charge >= 0.3 is 60.5 Å². The van der Waals surface area contributed by atoms with Crippen LogP contribution in [0.3, 0.4) is 0 Å². The van der Waals surface area contributed by atoms with E-state index in [2.05, 4.69) is 202 Å². The number of rotatable bonds is 33. The fraction of sp³-hybridized carbons (Fsp3) is 0.724. The first-order valence-electron chi connectivity index (χ1n) is 39.5. The highest BCUT2D eigenvalue weighted by Crippen LogP contribution is 2.38. The van der Waals surface area contributed by atoms with E-state index in [4.69, 9.17) is 9.47 Å². The van der Waals surface area contributed by atoms with Gasteiger partial charge in [-0.1, -0.05) is 269 Å². The van der Waals surface area contributed by atoms with Crippen LogP contribution in [0.25, 0.3) is 0 Å². The van der Waals surface area contributed by atoms with Gasteiger partial charge < -0.3 is 28.4 Å². The summed E-state index contributed by atoms with van der Waals surface area (Å²) in [5.41, 5.74) is 6.08. The summed E-state index contributed by atoms with van der Waals surface area (Å²) < 4.78 is 171. The summed E-state index contributed by atoms with van der Waals surface area (Å²) in [7, 11) is 0. The summed E-state index contributed by atoms with van der Waals surface area (Å²) in [4.78, 5) is 67.7. The molecule has 0 saturated carbocycles. The Kier molecular flexibility index (Phi) is 54.4. The van der Waals surface area contributed by atoms with Crippen molar-refractivity contribution in [2.75, 3.05) is 26.4 Å². The van der Waals surface area contributed by atoms with Gasteiger partial charge in [0.1, 0.15) is 0 Å². The average molecular weight is 1610 g/mol. The van der Waals surface area contributed by atoms with E-state index < -0.39 is 85.3 Å². The molecule has 0 fully saturated rings. The van der Waals surface area contributed by atoms with Gasteiger partial charge in [-0.15, -0.1) is 0 Å². The van der Waals surface area contributed by atoms with Crippen LogP contribution < -0.4 is 0 Å². The molecular weight excluding hydrogens is 1460 g/mol. The first-order chi connectivity index (χ1) is 50.9. The number of carbonyl (C=O) groups is 6. The molecule has 0 aliphatic heterocycles. The lowest BCUT2D eigenvalue weighted by molar-refractivity contribution is -0.314. The van der Waals surface area contributed by atoms with Crippen molar-refractivity contribution in [3.8, 4) is 0 Å². The van der Waals surface area contributed by atoms with Crippen molar-refractivity contribution in [2.24, 2.45) is 28.1 Å². The van der Waals surface area contributed by atoms with E-state index in [9.17, 15) is 81.5 Å². The highest BCUT2D eigenvalue weighted by molar-refractivity contribution is 5.80. The third-order valence-electron chi connectivity index (χ3n) is 19.3. The zero-order chi connectivity index (χ0) is 87.2. The van der Waals surface area contributed by atoms with Crippen molar-refractivity contribution < 1.29 is 110 Å². The van der Waals surface area contributed by atoms with E-state index >= 15 is 0 Å². The molecule has 0 spiro atoms. The predicted molar refractivity (Wildman–Crippen MR) is 419 cm³/mol. The van der Waals surface area contributed by atoms with Gasteiger partial charge in [0.15, 0.2) is 13.2 Å². The lowest BCUT2D eigenvalue weighted by Crippen LogP contribution is -2.46. The number of halogens is 12. The molecule has 0 N–H and O–H groups in total. The molecule has 5 atom stereocenters. The smallest absolute Gasteiger partial charge is 0.434 e. The number of unbranched alkanes of at least 4 members (excludes halogenated alkanes) is 6. The van der Waals surface area contributed by atoms with Crippen molar-refractivity contribution in [3.05, 3.63) is 107 Å². The molecule has 24 heteroatoms. The van der Waals surface area contributed by atoms with E-state index in [0.29, 0.717) is 49.7 Å². The van der Waals surface area contributed by atoms with Crippen LogP contribution in [0.4, 0.5) is 52.7 Å². The molecule has 0 radical (unpaired) electrons. The maximum Gasteiger partial charge on any atom is 0.434 e. The molecular formula is C87H140F12O12. The Morgan fingerprint density at radius 3 is 0.973 bits per heavy atom. The Balaban J connectivity index is -0.000000607. The van der Waals surface area contributed by atoms with Crippen LogP contribution in [0.2, 0.25) is 0 Å². The minimum absolute atomic E-state index is 0.0510. The fourth-order valence-corrected chi connectivity index (χ4v) is 8.80. The molecule has 0 bridgehead atoms. The number of ether oxygens (including phenoxy) is 6. The van der Waals surface area contributed by atoms with Crippen LogP contribution in [0.1, 0.15) is 335 Å². The molecule has 0 amide bonds. The fourth-order valence-electron chi connectivity index (χ4n) is 8.80. The summed E-state index contributed by atoms with van der Waals surface area (Å²) in [6, 6.07) is 28.8. The third kappa shape index (κ3) is 49.8. The van der Waals surface area contributed by atoms with Gasteiger partial charge in [-0.25, -0.2) is 9.59 Å². The zero-order valence-corrected chi connectivity index (χ0v) is 71.8. The summed E-state index contributed by atoms with van der Waals surface area (Å²) in [6.07, 6.45) is -13.7. The molecule has 0 aliphatic rings. The lowest BCUT2D eigenvalue weighted by Gasteiger charge is -2.23. The number of alkyl halides is 12. The monoisotopic (exact) mass is 1610 g/mol. The van der Waals surface area contributed by atoms with Gasteiger partial charge in [0.2, 0.25) is 0 Å². The second kappa shape index (κ2) is 54.4. The summed E-state index contributed by atoms with van der Waals surface area (Å²) >= 11 is 0. The van der Waals surface area contributed by atoms with Crippen LogP contribution in [0, 0.1) is 28.1 Å². The molecule has 0 aliphatic carbocycles. The van der Waals surface area contributed by atoms with Crippen molar-refractivity contribution >= 4 is 35.8 Å². The Labute approximate surface area is 658 Å². The Hall–Kier alpha value is -6.36. The van der Waals surface area contributed by atoms with Crippen molar-refractivity contribution in [1.29, 1.82) is 0 Å². The van der Waals surface area contributed by atoms with E-state index in [0.717, 1.165) is 25.7 Å². The van der Waals surface area contributed by atoms with Crippen LogP contribution in [-0.2, 0) is 68.0 Å². The number of benzene rings is 3. The van der Waals surface area contributed by atoms with Gasteiger partial charge in [-0.05, 0) is 162 Å². The highest BCUT2D eigenvalue weighted by atomic mass is 19.4. The summed E-state index contributed by atoms with van der Waals surface area (Å²) in [6.45, 7) is 51.5. The van der Waals surface area contributed by atoms with Crippen LogP contribution in [0.5, 0.6) is 0 Å². The predicted octanol–water partition coefficient (Wildman–Crippen LogP) is 26.3. The number of hydrogen-bond donors (Lipinski definition) is 0. The molecule has 5 unspecified atom stereocenters. The van der Waals surface area contributed by atoms with Crippen LogP contribution in [0.15, 0.2) is 78.9 Å². The molecule has 111 heavy (non-hydrogen) atoms. The largest absolute Gasteiger partial charge is 0.465 e. The second-order valence-corrected chi connectivity index (χ2v) is 32.1. The summed E-state index contributed by atoms with van der Waals surface area (Å²) in [5, 5.41) is 0. The maximum absolute atomic E-state index is 12.1. The third-order valence-corrected chi connectivity index (χ3v) is 19.3. The van der Waals surface area contributed by atoms with Crippen LogP contribution in [-0.4, -0.2) is 99.2 Å². The van der Waals surface area contributed by atoms with E-state index in [1.165, 1.54) is 119 Å². The molecule has 3 rings (SSSR count). The lowest BCUT2D eigenvalue weighted by atomic mass is 9.85. The Morgan fingerprint density at radius 2 is 0.667 bits per heavy atom. The van der Waals surface area contributed by atoms with Crippen molar-refractivity contribution in [1.82, 2.24) is 0 Å². The Bertz CT molecular complexity index is 2890. The van der Waals surface area contributed by atoms with Gasteiger partial charge in [0.25, 0.3) is 12.2 Å². The molecule has 3 aromatic rings. The minimum atomic E-state index is -5.80. The normalized spacial score (nSPS) is 13.4. The SMILES string of the molecule is CCC(C)(C)C(=O)OCC(=O)OC(C(F)(F)F)C(F)(F)F.CCC(C)C(=O)OCC(=O)OC(C(F)(F)F)C(F)(F)F.CCC(C)c1ccc(C(C)(C)C)cc1.CCC(C)c1ccc(C(C)(C)C)cc1.CCC(C)c1ccccc1.CCCCC(CC)COC(=O)C(C)(C)CC.CCCCCCCCOC(=O)C(C)(C)CC. The van der Waals surface area contributed by atoms with Gasteiger partial charge in [0.05, 0.1) is 35.4 Å². The maximum atomic E-state index is 12.1. The van der Waals surface area contributed by atoms with E-state index in [1.54, 1.807) is 13.8 Å². The minimum Gasteiger partial charge on any atom is -0.465 e. The molecule has 12 nitrogen and oxygen atoms in total. The number of carbonyl (C=O) groups excluding carboxylic acids is 6.